The Labute approximate surface area is 169 Å². The fourth-order valence-electron chi connectivity index (χ4n) is 3.30. The molecule has 0 radical (unpaired) electrons. The number of nitrogens with one attached hydrogen (secondary N) is 1. The number of hydrogen-bond donors (Lipinski definition) is 1. The maximum atomic E-state index is 13.6. The summed E-state index contributed by atoms with van der Waals surface area (Å²) in [5, 5.41) is 7.69. The molecule has 0 amide bonds. The van der Waals surface area contributed by atoms with Crippen LogP contribution in [-0.4, -0.2) is 19.7 Å². The Hall–Kier alpha value is -3.54. The molecule has 2 heterocycles. The second kappa shape index (κ2) is 7.83. The van der Waals surface area contributed by atoms with Crippen molar-refractivity contribution < 1.29 is 4.39 Å². The molecule has 1 atom stereocenters. The minimum Gasteiger partial charge on any atom is -0.363 e. The Balaban J connectivity index is 1.59. The first-order valence-electron chi connectivity index (χ1n) is 9.45. The third-order valence-electron chi connectivity index (χ3n) is 4.75. The summed E-state index contributed by atoms with van der Waals surface area (Å²) in [6.07, 6.45) is 3.85. The van der Waals surface area contributed by atoms with Crippen LogP contribution in [0, 0.1) is 12.7 Å². The van der Waals surface area contributed by atoms with E-state index in [0.717, 1.165) is 22.3 Å². The topological polar surface area (TPSA) is 55.6 Å². The molecule has 0 aliphatic heterocycles. The highest BCUT2D eigenvalue weighted by atomic mass is 19.1. The summed E-state index contributed by atoms with van der Waals surface area (Å²) in [6.45, 7) is 3.92. The van der Waals surface area contributed by atoms with Gasteiger partial charge in [0.1, 0.15) is 17.5 Å². The van der Waals surface area contributed by atoms with Crippen molar-refractivity contribution in [2.75, 3.05) is 5.32 Å². The van der Waals surface area contributed by atoms with Gasteiger partial charge in [-0.05, 0) is 43.2 Å². The molecule has 1 N–H and O–H groups in total. The van der Waals surface area contributed by atoms with Crippen molar-refractivity contribution in [2.24, 2.45) is 7.05 Å². The van der Waals surface area contributed by atoms with E-state index in [1.807, 2.05) is 44.6 Å². The van der Waals surface area contributed by atoms with Gasteiger partial charge in [0.2, 0.25) is 0 Å². The van der Waals surface area contributed by atoms with Crippen molar-refractivity contribution in [3.8, 4) is 22.4 Å². The number of rotatable bonds is 5. The van der Waals surface area contributed by atoms with Gasteiger partial charge in [-0.1, -0.05) is 30.3 Å². The normalized spacial score (nSPS) is 12.0. The van der Waals surface area contributed by atoms with Gasteiger partial charge in [0.15, 0.2) is 0 Å². The second-order valence-corrected chi connectivity index (χ2v) is 7.09. The van der Waals surface area contributed by atoms with Crippen LogP contribution in [0.3, 0.4) is 0 Å². The minimum absolute atomic E-state index is 0.0290. The number of aryl methyl sites for hydroxylation is 2. The second-order valence-electron chi connectivity index (χ2n) is 7.09. The molecule has 4 rings (SSSR count). The van der Waals surface area contributed by atoms with Gasteiger partial charge in [-0.3, -0.25) is 4.68 Å². The van der Waals surface area contributed by atoms with E-state index in [9.17, 15) is 4.39 Å². The molecule has 2 aromatic carbocycles. The molecule has 2 aromatic heterocycles. The molecule has 0 saturated heterocycles. The summed E-state index contributed by atoms with van der Waals surface area (Å²) >= 11 is 0. The van der Waals surface area contributed by atoms with E-state index in [-0.39, 0.29) is 11.9 Å². The lowest BCUT2D eigenvalue weighted by atomic mass is 10.0. The Morgan fingerprint density at radius 2 is 1.76 bits per heavy atom. The van der Waals surface area contributed by atoms with Crippen molar-refractivity contribution in [3.05, 3.63) is 84.2 Å². The summed E-state index contributed by atoms with van der Waals surface area (Å²) in [5.74, 6) is 1.05. The first-order valence-corrected chi connectivity index (χ1v) is 9.45. The monoisotopic (exact) mass is 387 g/mol. The summed E-state index contributed by atoms with van der Waals surface area (Å²) in [6, 6.07) is 16.7. The van der Waals surface area contributed by atoms with Gasteiger partial charge in [0, 0.05) is 36.5 Å². The number of nitrogens with zero attached hydrogens (tertiary/aromatic N) is 4. The van der Waals surface area contributed by atoms with Crippen LogP contribution in [0.2, 0.25) is 0 Å². The summed E-state index contributed by atoms with van der Waals surface area (Å²) in [7, 11) is 1.91. The Kier molecular flexibility index (Phi) is 5.08. The summed E-state index contributed by atoms with van der Waals surface area (Å²) in [5.41, 5.74) is 4.74. The van der Waals surface area contributed by atoms with Gasteiger partial charge >= 0.3 is 0 Å². The smallest absolute Gasteiger partial charge is 0.130 e. The largest absolute Gasteiger partial charge is 0.363 e. The van der Waals surface area contributed by atoms with Crippen LogP contribution in [0.4, 0.5) is 10.2 Å². The summed E-state index contributed by atoms with van der Waals surface area (Å²) in [4.78, 5) is 8.96. The van der Waals surface area contributed by atoms with E-state index < -0.39 is 0 Å². The highest BCUT2D eigenvalue weighted by Gasteiger charge is 2.11. The SMILES string of the molecule is Cc1nc(N[C@H](C)c2cccc(-c3cnn(C)c3)c2)cc(-c2cccc(F)c2)n1. The van der Waals surface area contributed by atoms with Gasteiger partial charge < -0.3 is 5.32 Å². The van der Waals surface area contributed by atoms with Crippen LogP contribution in [-0.2, 0) is 7.05 Å². The number of benzene rings is 2. The van der Waals surface area contributed by atoms with Crippen molar-refractivity contribution in [2.45, 2.75) is 19.9 Å². The third kappa shape index (κ3) is 4.32. The zero-order chi connectivity index (χ0) is 20.4. The molecule has 0 saturated carbocycles. The van der Waals surface area contributed by atoms with Gasteiger partial charge in [-0.15, -0.1) is 0 Å². The average Bonchev–Trinajstić information content (AvgIpc) is 3.14. The van der Waals surface area contributed by atoms with Crippen molar-refractivity contribution in [3.63, 3.8) is 0 Å². The lowest BCUT2D eigenvalue weighted by Crippen LogP contribution is -2.09. The molecule has 0 bridgehead atoms. The Morgan fingerprint density at radius 3 is 2.52 bits per heavy atom. The quantitative estimate of drug-likeness (QED) is 0.514. The molecule has 4 aromatic rings. The molecule has 0 aliphatic rings. The van der Waals surface area contributed by atoms with E-state index in [1.165, 1.54) is 12.1 Å². The fourth-order valence-corrected chi connectivity index (χ4v) is 3.30. The van der Waals surface area contributed by atoms with Crippen LogP contribution in [0.5, 0.6) is 0 Å². The van der Waals surface area contributed by atoms with Gasteiger partial charge in [0.05, 0.1) is 11.9 Å². The summed E-state index contributed by atoms with van der Waals surface area (Å²) < 4.78 is 15.4. The molecule has 0 spiro atoms. The van der Waals surface area contributed by atoms with Gasteiger partial charge in [-0.2, -0.15) is 5.10 Å². The predicted molar refractivity (Wildman–Crippen MR) is 113 cm³/mol. The first-order chi connectivity index (χ1) is 14.0. The van der Waals surface area contributed by atoms with Crippen molar-refractivity contribution in [1.29, 1.82) is 0 Å². The number of anilines is 1. The van der Waals surface area contributed by atoms with E-state index in [1.54, 1.807) is 10.7 Å². The van der Waals surface area contributed by atoms with Crippen LogP contribution < -0.4 is 5.32 Å². The van der Waals surface area contributed by atoms with Crippen LogP contribution in [0.1, 0.15) is 24.4 Å². The van der Waals surface area contributed by atoms with Crippen LogP contribution in [0.15, 0.2) is 67.0 Å². The first kappa shape index (κ1) is 18.8. The lowest BCUT2D eigenvalue weighted by Gasteiger charge is -2.17. The number of aromatic nitrogens is 4. The average molecular weight is 387 g/mol. The van der Waals surface area contributed by atoms with E-state index in [4.69, 9.17) is 0 Å². The molecule has 0 unspecified atom stereocenters. The van der Waals surface area contributed by atoms with E-state index in [2.05, 4.69) is 45.5 Å². The predicted octanol–water partition coefficient (Wildman–Crippen LogP) is 5.16. The van der Waals surface area contributed by atoms with E-state index in [0.29, 0.717) is 17.3 Å². The third-order valence-corrected chi connectivity index (χ3v) is 4.75. The Morgan fingerprint density at radius 1 is 0.966 bits per heavy atom. The highest BCUT2D eigenvalue weighted by molar-refractivity contribution is 5.64. The van der Waals surface area contributed by atoms with Crippen LogP contribution in [0.25, 0.3) is 22.4 Å². The number of hydrogen-bond acceptors (Lipinski definition) is 4. The van der Waals surface area contributed by atoms with Gasteiger partial charge in [0.25, 0.3) is 0 Å². The Bertz CT molecular complexity index is 1150. The highest BCUT2D eigenvalue weighted by Crippen LogP contribution is 2.26. The van der Waals surface area contributed by atoms with Crippen molar-refractivity contribution >= 4 is 5.82 Å². The molecule has 146 valence electrons. The fraction of sp³-hybridized carbons (Fsp3) is 0.174. The zero-order valence-corrected chi connectivity index (χ0v) is 16.6. The molecular weight excluding hydrogens is 365 g/mol. The molecular formula is C23H22FN5. The van der Waals surface area contributed by atoms with E-state index >= 15 is 0 Å². The van der Waals surface area contributed by atoms with Crippen LogP contribution >= 0.6 is 0 Å². The maximum absolute atomic E-state index is 13.6. The number of halogens is 1. The minimum atomic E-state index is -0.283. The van der Waals surface area contributed by atoms with Gasteiger partial charge in [-0.25, -0.2) is 14.4 Å². The standard InChI is InChI=1S/C23H22FN5/c1-15(17-6-4-7-18(10-17)20-13-25-29(3)14-20)26-23-12-22(27-16(2)28-23)19-8-5-9-21(24)11-19/h4-15H,1-3H3,(H,26,27,28)/t15-/m1/s1. The molecule has 5 nitrogen and oxygen atoms in total. The lowest BCUT2D eigenvalue weighted by molar-refractivity contribution is 0.628. The van der Waals surface area contributed by atoms with Crippen molar-refractivity contribution in [1.82, 2.24) is 19.7 Å². The molecule has 0 aliphatic carbocycles. The molecule has 29 heavy (non-hydrogen) atoms. The maximum Gasteiger partial charge on any atom is 0.130 e. The molecule has 6 heteroatoms. The molecule has 0 fully saturated rings. The zero-order valence-electron chi connectivity index (χ0n) is 16.6.